The number of hydrogen-bond donors (Lipinski definition) is 1. The quantitative estimate of drug-likeness (QED) is 0.852. The molecule has 3 nitrogen and oxygen atoms in total. The van der Waals surface area contributed by atoms with E-state index in [2.05, 4.69) is 22.4 Å². The summed E-state index contributed by atoms with van der Waals surface area (Å²) < 4.78 is 0. The Hall–Kier alpha value is -1.81. The van der Waals surface area contributed by atoms with Gasteiger partial charge in [0.2, 0.25) is 5.91 Å². The third kappa shape index (κ3) is 1.99. The van der Waals surface area contributed by atoms with Gasteiger partial charge in [-0.1, -0.05) is 48.2 Å². The number of benzene rings is 2. The molecule has 1 aliphatic heterocycles. The van der Waals surface area contributed by atoms with Crippen molar-refractivity contribution in [2.45, 2.75) is 12.2 Å². The Kier molecular flexibility index (Phi) is 2.80. The van der Waals surface area contributed by atoms with Crippen LogP contribution >= 0.6 is 11.8 Å². The van der Waals surface area contributed by atoms with Crippen LogP contribution in [0.5, 0.6) is 0 Å². The van der Waals surface area contributed by atoms with Gasteiger partial charge in [-0.3, -0.25) is 4.79 Å². The second kappa shape index (κ2) is 4.46. The molecule has 1 aliphatic rings. The molecule has 1 N–H and O–H groups in total. The minimum absolute atomic E-state index is 0.0268. The number of thioether (sulfide) groups is 1. The summed E-state index contributed by atoms with van der Waals surface area (Å²) in [5.74, 6) is 0.0268. The number of hydrogen-bond acceptors (Lipinski definition) is 3. The first kappa shape index (κ1) is 11.3. The lowest BCUT2D eigenvalue weighted by Crippen LogP contribution is -2.23. The number of aliphatic imine (C=N–C) groups is 1. The van der Waals surface area contributed by atoms with Crippen LogP contribution in [0, 0.1) is 0 Å². The number of amides is 1. The second-order valence-corrected chi connectivity index (χ2v) is 5.49. The molecule has 0 aromatic heterocycles. The Balaban J connectivity index is 2.06. The zero-order chi connectivity index (χ0) is 12.5. The molecule has 1 amide bonds. The fraction of sp³-hybridized carbons (Fsp3) is 0.143. The van der Waals surface area contributed by atoms with Gasteiger partial charge in [0.05, 0.1) is 10.9 Å². The largest absolute Gasteiger partial charge is 0.304 e. The summed E-state index contributed by atoms with van der Waals surface area (Å²) in [5, 5.41) is 5.67. The molecule has 90 valence electrons. The topological polar surface area (TPSA) is 41.5 Å². The number of rotatable bonds is 1. The van der Waals surface area contributed by atoms with Gasteiger partial charge in [-0.25, -0.2) is 4.99 Å². The van der Waals surface area contributed by atoms with E-state index in [-0.39, 0.29) is 11.2 Å². The summed E-state index contributed by atoms with van der Waals surface area (Å²) in [6.45, 7) is 1.88. The van der Waals surface area contributed by atoms with Gasteiger partial charge >= 0.3 is 0 Å². The van der Waals surface area contributed by atoms with E-state index in [1.54, 1.807) is 0 Å². The van der Waals surface area contributed by atoms with Crippen molar-refractivity contribution in [2.24, 2.45) is 4.99 Å². The van der Waals surface area contributed by atoms with Crippen molar-refractivity contribution in [1.82, 2.24) is 5.32 Å². The second-order valence-electron chi connectivity index (χ2n) is 4.16. The molecule has 0 spiro atoms. The highest BCUT2D eigenvalue weighted by molar-refractivity contribution is 8.15. The number of nitrogens with one attached hydrogen (secondary N) is 1. The van der Waals surface area contributed by atoms with E-state index in [1.807, 2.05) is 37.3 Å². The third-order valence-corrected chi connectivity index (χ3v) is 3.86. The number of amidine groups is 1. The standard InChI is InChI=1S/C14H12N2OS/c1-9-13(17)16-14(18-9)15-12-8-4-6-10-5-2-3-7-11(10)12/h2-9H,1H3,(H,15,16,17). The molecule has 0 bridgehead atoms. The van der Waals surface area contributed by atoms with Gasteiger partial charge in [0.25, 0.3) is 0 Å². The molecule has 3 rings (SSSR count). The number of nitrogens with zero attached hydrogens (tertiary/aromatic N) is 1. The summed E-state index contributed by atoms with van der Waals surface area (Å²) in [4.78, 5) is 16.0. The van der Waals surface area contributed by atoms with Crippen molar-refractivity contribution in [3.05, 3.63) is 42.5 Å². The van der Waals surface area contributed by atoms with Gasteiger partial charge in [-0.05, 0) is 18.4 Å². The predicted molar refractivity (Wildman–Crippen MR) is 76.2 cm³/mol. The van der Waals surface area contributed by atoms with Crippen molar-refractivity contribution in [1.29, 1.82) is 0 Å². The van der Waals surface area contributed by atoms with Gasteiger partial charge in [0.15, 0.2) is 5.17 Å². The fourth-order valence-corrected chi connectivity index (χ4v) is 2.74. The van der Waals surface area contributed by atoms with Crippen molar-refractivity contribution in [3.63, 3.8) is 0 Å². The first-order valence-corrected chi connectivity index (χ1v) is 6.66. The molecule has 0 saturated carbocycles. The van der Waals surface area contributed by atoms with Gasteiger partial charge in [0, 0.05) is 5.39 Å². The SMILES string of the molecule is CC1SC(=Nc2cccc3ccccc23)NC1=O. The van der Waals surface area contributed by atoms with Crippen LogP contribution < -0.4 is 5.32 Å². The predicted octanol–water partition coefficient (Wildman–Crippen LogP) is 3.08. The first-order valence-electron chi connectivity index (χ1n) is 5.78. The molecule has 18 heavy (non-hydrogen) atoms. The van der Waals surface area contributed by atoms with Crippen LogP contribution in [0.2, 0.25) is 0 Å². The van der Waals surface area contributed by atoms with Gasteiger partial charge < -0.3 is 5.32 Å². The maximum absolute atomic E-state index is 11.4. The van der Waals surface area contributed by atoms with E-state index in [0.29, 0.717) is 5.17 Å². The minimum atomic E-state index is -0.0567. The Morgan fingerprint density at radius 3 is 2.72 bits per heavy atom. The number of carbonyl (C=O) groups is 1. The molecule has 0 aliphatic carbocycles. The molecule has 1 atom stereocenters. The van der Waals surface area contributed by atoms with Crippen molar-refractivity contribution < 1.29 is 4.79 Å². The first-order chi connectivity index (χ1) is 8.74. The minimum Gasteiger partial charge on any atom is -0.304 e. The molecular weight excluding hydrogens is 244 g/mol. The molecule has 1 saturated heterocycles. The molecule has 2 aromatic rings. The van der Waals surface area contributed by atoms with E-state index in [4.69, 9.17) is 0 Å². The maximum Gasteiger partial charge on any atom is 0.239 e. The van der Waals surface area contributed by atoms with Crippen LogP contribution in [-0.2, 0) is 4.79 Å². The molecule has 2 aromatic carbocycles. The third-order valence-electron chi connectivity index (χ3n) is 2.88. The Labute approximate surface area is 109 Å². The molecular formula is C14H12N2OS. The molecule has 1 unspecified atom stereocenters. The van der Waals surface area contributed by atoms with Crippen LogP contribution in [0.4, 0.5) is 5.69 Å². The highest BCUT2D eigenvalue weighted by atomic mass is 32.2. The van der Waals surface area contributed by atoms with Crippen LogP contribution in [0.15, 0.2) is 47.5 Å². The molecule has 0 radical (unpaired) electrons. The van der Waals surface area contributed by atoms with E-state index in [0.717, 1.165) is 16.5 Å². The zero-order valence-electron chi connectivity index (χ0n) is 9.88. The highest BCUT2D eigenvalue weighted by Crippen LogP contribution is 2.28. The van der Waals surface area contributed by atoms with Crippen molar-refractivity contribution in [3.8, 4) is 0 Å². The van der Waals surface area contributed by atoms with Crippen LogP contribution in [0.25, 0.3) is 10.8 Å². The van der Waals surface area contributed by atoms with Crippen LogP contribution in [0.1, 0.15) is 6.92 Å². The van der Waals surface area contributed by atoms with E-state index in [1.165, 1.54) is 11.8 Å². The number of fused-ring (bicyclic) bond motifs is 1. The van der Waals surface area contributed by atoms with Gasteiger partial charge in [0.1, 0.15) is 0 Å². The molecule has 4 heteroatoms. The Morgan fingerprint density at radius 1 is 1.17 bits per heavy atom. The Bertz CT molecular complexity index is 646. The van der Waals surface area contributed by atoms with Crippen LogP contribution in [0.3, 0.4) is 0 Å². The summed E-state index contributed by atoms with van der Waals surface area (Å²) in [6.07, 6.45) is 0. The molecule has 1 fully saturated rings. The smallest absolute Gasteiger partial charge is 0.239 e. The lowest BCUT2D eigenvalue weighted by atomic mass is 10.1. The number of carbonyl (C=O) groups excluding carboxylic acids is 1. The summed E-state index contributed by atoms with van der Waals surface area (Å²) in [5.41, 5.74) is 0.894. The molecule has 1 heterocycles. The zero-order valence-corrected chi connectivity index (χ0v) is 10.7. The average molecular weight is 256 g/mol. The van der Waals surface area contributed by atoms with Gasteiger partial charge in [-0.2, -0.15) is 0 Å². The summed E-state index contributed by atoms with van der Waals surface area (Å²) in [7, 11) is 0. The van der Waals surface area contributed by atoms with E-state index >= 15 is 0 Å². The Morgan fingerprint density at radius 2 is 1.94 bits per heavy atom. The van der Waals surface area contributed by atoms with E-state index < -0.39 is 0 Å². The van der Waals surface area contributed by atoms with Crippen molar-refractivity contribution >= 4 is 39.3 Å². The average Bonchev–Trinajstić information content (AvgIpc) is 2.69. The van der Waals surface area contributed by atoms with Gasteiger partial charge in [-0.15, -0.1) is 0 Å². The van der Waals surface area contributed by atoms with Crippen molar-refractivity contribution in [2.75, 3.05) is 0 Å². The van der Waals surface area contributed by atoms with Crippen LogP contribution in [-0.4, -0.2) is 16.3 Å². The summed E-state index contributed by atoms with van der Waals surface area (Å²) in [6, 6.07) is 14.1. The lowest BCUT2D eigenvalue weighted by molar-refractivity contribution is -0.118. The fourth-order valence-electron chi connectivity index (χ4n) is 1.93. The monoisotopic (exact) mass is 256 g/mol. The normalized spacial score (nSPS) is 21.5. The lowest BCUT2D eigenvalue weighted by Gasteiger charge is -2.02. The maximum atomic E-state index is 11.4. The highest BCUT2D eigenvalue weighted by Gasteiger charge is 2.25. The summed E-state index contributed by atoms with van der Waals surface area (Å²) >= 11 is 1.47. The van der Waals surface area contributed by atoms with E-state index in [9.17, 15) is 4.79 Å².